The summed E-state index contributed by atoms with van der Waals surface area (Å²) in [6.07, 6.45) is 3.91. The predicted molar refractivity (Wildman–Crippen MR) is 45.4 cm³/mol. The summed E-state index contributed by atoms with van der Waals surface area (Å²) in [4.78, 5) is 0. The summed E-state index contributed by atoms with van der Waals surface area (Å²) in [6, 6.07) is 0. The zero-order chi connectivity index (χ0) is 7.90. The van der Waals surface area contributed by atoms with Crippen LogP contribution in [0.2, 0.25) is 0 Å². The summed E-state index contributed by atoms with van der Waals surface area (Å²) < 4.78 is 10.6. The van der Waals surface area contributed by atoms with E-state index in [-0.39, 0.29) is 5.41 Å². The summed E-state index contributed by atoms with van der Waals surface area (Å²) >= 11 is 4.83. The van der Waals surface area contributed by atoms with E-state index >= 15 is 0 Å². The van der Waals surface area contributed by atoms with Crippen LogP contribution in [-0.4, -0.2) is 17.9 Å². The molecule has 11 heavy (non-hydrogen) atoms. The Balaban J connectivity index is 2.14. The van der Waals surface area contributed by atoms with Crippen LogP contribution in [0, 0.1) is 5.41 Å². The molecule has 0 unspecified atom stereocenters. The summed E-state index contributed by atoms with van der Waals surface area (Å²) in [5, 5.41) is 0.342. The van der Waals surface area contributed by atoms with E-state index < -0.39 is 0 Å². The average Bonchev–Trinajstić information content (AvgIpc) is 2.31. The first kappa shape index (κ1) is 7.35. The Bertz CT molecular complexity index is 193. The highest BCUT2D eigenvalue weighted by Gasteiger charge is 2.44. The van der Waals surface area contributed by atoms with Crippen LogP contribution in [0.1, 0.15) is 26.2 Å². The van der Waals surface area contributed by atoms with Gasteiger partial charge in [-0.2, -0.15) is 0 Å². The Morgan fingerprint density at radius 2 is 2.45 bits per heavy atom. The highest BCUT2D eigenvalue weighted by atomic mass is 32.1. The molecule has 0 N–H and O–H groups in total. The van der Waals surface area contributed by atoms with E-state index in [1.165, 1.54) is 12.8 Å². The third-order valence-electron chi connectivity index (χ3n) is 2.75. The molecule has 0 aromatic carbocycles. The molecule has 62 valence electrons. The lowest BCUT2D eigenvalue weighted by Crippen LogP contribution is -2.41. The maximum atomic E-state index is 5.42. The Kier molecular flexibility index (Phi) is 1.56. The number of rotatable bonds is 0. The molecule has 0 radical (unpaired) electrons. The van der Waals surface area contributed by atoms with Crippen molar-refractivity contribution < 1.29 is 9.47 Å². The molecule has 1 saturated heterocycles. The number of hydrogen-bond acceptors (Lipinski definition) is 3. The predicted octanol–water partition coefficient (Wildman–Crippen LogP) is 1.88. The van der Waals surface area contributed by atoms with Crippen LogP contribution in [0.4, 0.5) is 0 Å². The lowest BCUT2D eigenvalue weighted by atomic mass is 9.87. The van der Waals surface area contributed by atoms with Crippen molar-refractivity contribution in [3.8, 4) is 0 Å². The smallest absolute Gasteiger partial charge is 0.352 e. The zero-order valence-corrected chi connectivity index (χ0v) is 7.45. The van der Waals surface area contributed by atoms with Crippen LogP contribution in [0.3, 0.4) is 0 Å². The summed E-state index contributed by atoms with van der Waals surface area (Å²) in [5.74, 6) is 0. The Morgan fingerprint density at radius 3 is 3.27 bits per heavy atom. The van der Waals surface area contributed by atoms with Crippen molar-refractivity contribution in [3.05, 3.63) is 0 Å². The second-order valence-electron chi connectivity index (χ2n) is 3.69. The molecule has 0 aromatic heterocycles. The van der Waals surface area contributed by atoms with Crippen molar-refractivity contribution >= 4 is 17.5 Å². The molecule has 0 bridgehead atoms. The van der Waals surface area contributed by atoms with Crippen LogP contribution in [-0.2, 0) is 9.47 Å². The van der Waals surface area contributed by atoms with Gasteiger partial charge in [-0.1, -0.05) is 6.92 Å². The fourth-order valence-electron chi connectivity index (χ4n) is 1.94. The summed E-state index contributed by atoms with van der Waals surface area (Å²) in [5.41, 5.74) is 0.238. The van der Waals surface area contributed by atoms with E-state index in [9.17, 15) is 0 Å². The molecule has 2 aliphatic rings. The number of ether oxygens (including phenoxy) is 2. The van der Waals surface area contributed by atoms with E-state index in [1.807, 2.05) is 0 Å². The van der Waals surface area contributed by atoms with Crippen molar-refractivity contribution in [1.82, 2.24) is 0 Å². The van der Waals surface area contributed by atoms with Crippen LogP contribution in [0.15, 0.2) is 0 Å². The van der Waals surface area contributed by atoms with Gasteiger partial charge in [0.2, 0.25) is 0 Å². The zero-order valence-electron chi connectivity index (χ0n) is 6.63. The van der Waals surface area contributed by atoms with Crippen molar-refractivity contribution in [2.75, 3.05) is 6.61 Å². The number of fused-ring (bicyclic) bond motifs is 1. The quantitative estimate of drug-likeness (QED) is 0.520. The van der Waals surface area contributed by atoms with Crippen LogP contribution in [0.25, 0.3) is 0 Å². The first-order valence-electron chi connectivity index (χ1n) is 4.04. The minimum Gasteiger partial charge on any atom is -0.456 e. The van der Waals surface area contributed by atoms with E-state index in [0.29, 0.717) is 11.3 Å². The fraction of sp³-hybridized carbons (Fsp3) is 0.875. The maximum Gasteiger partial charge on any atom is 0.352 e. The number of hydrogen-bond donors (Lipinski definition) is 0. The van der Waals surface area contributed by atoms with Gasteiger partial charge in [0.25, 0.3) is 0 Å². The van der Waals surface area contributed by atoms with Gasteiger partial charge in [-0.25, -0.2) is 0 Å². The number of thiocarbonyl (C=S) groups is 1. The van der Waals surface area contributed by atoms with E-state index in [2.05, 4.69) is 6.92 Å². The molecule has 2 atom stereocenters. The van der Waals surface area contributed by atoms with Crippen LogP contribution in [0.5, 0.6) is 0 Å². The average molecular weight is 172 g/mol. The van der Waals surface area contributed by atoms with Gasteiger partial charge in [0.15, 0.2) is 0 Å². The topological polar surface area (TPSA) is 18.5 Å². The van der Waals surface area contributed by atoms with Crippen molar-refractivity contribution in [2.24, 2.45) is 5.41 Å². The lowest BCUT2D eigenvalue weighted by Gasteiger charge is -2.35. The molecule has 1 aliphatic carbocycles. The van der Waals surface area contributed by atoms with E-state index in [0.717, 1.165) is 13.0 Å². The monoisotopic (exact) mass is 172 g/mol. The van der Waals surface area contributed by atoms with Crippen molar-refractivity contribution in [1.29, 1.82) is 0 Å². The standard InChI is InChI=1S/C8H12O2S/c1-8-4-2-3-6(8)10-7(11)9-5-8/h6H,2-5H2,1H3/t6-,8+/m1/s1. The van der Waals surface area contributed by atoms with Gasteiger partial charge in [-0.05, 0) is 19.3 Å². The molecule has 1 aliphatic heterocycles. The first-order valence-corrected chi connectivity index (χ1v) is 4.45. The summed E-state index contributed by atoms with van der Waals surface area (Å²) in [6.45, 7) is 2.96. The molecular weight excluding hydrogens is 160 g/mol. The van der Waals surface area contributed by atoms with Gasteiger partial charge in [-0.15, -0.1) is 0 Å². The van der Waals surface area contributed by atoms with Crippen molar-refractivity contribution in [2.45, 2.75) is 32.3 Å². The Hall–Kier alpha value is -0.310. The molecule has 2 rings (SSSR count). The fourth-order valence-corrected chi connectivity index (χ4v) is 2.12. The summed E-state index contributed by atoms with van der Waals surface area (Å²) in [7, 11) is 0. The largest absolute Gasteiger partial charge is 0.456 e. The van der Waals surface area contributed by atoms with Gasteiger partial charge in [0.05, 0.1) is 0 Å². The molecule has 0 aromatic rings. The molecule has 0 amide bonds. The maximum absolute atomic E-state index is 5.42. The second kappa shape index (κ2) is 2.34. The second-order valence-corrected chi connectivity index (χ2v) is 4.02. The third kappa shape index (κ3) is 1.11. The van der Waals surface area contributed by atoms with Gasteiger partial charge < -0.3 is 9.47 Å². The van der Waals surface area contributed by atoms with Crippen LogP contribution < -0.4 is 0 Å². The molecular formula is C8H12O2S. The van der Waals surface area contributed by atoms with E-state index in [1.54, 1.807) is 0 Å². The minimum atomic E-state index is 0.238. The van der Waals surface area contributed by atoms with Gasteiger partial charge in [-0.3, -0.25) is 0 Å². The third-order valence-corrected chi connectivity index (χ3v) is 2.96. The lowest BCUT2D eigenvalue weighted by molar-refractivity contribution is -0.0409. The van der Waals surface area contributed by atoms with Crippen molar-refractivity contribution in [3.63, 3.8) is 0 Å². The molecule has 1 heterocycles. The minimum absolute atomic E-state index is 0.238. The van der Waals surface area contributed by atoms with Crippen LogP contribution >= 0.6 is 12.2 Å². The molecule has 2 nitrogen and oxygen atoms in total. The van der Waals surface area contributed by atoms with Gasteiger partial charge in [0, 0.05) is 17.6 Å². The Labute approximate surface area is 71.9 Å². The van der Waals surface area contributed by atoms with E-state index in [4.69, 9.17) is 21.7 Å². The highest BCUT2D eigenvalue weighted by Crippen LogP contribution is 2.42. The Morgan fingerprint density at radius 1 is 1.64 bits per heavy atom. The first-order chi connectivity index (χ1) is 5.21. The molecule has 3 heteroatoms. The molecule has 2 fully saturated rings. The SMILES string of the molecule is C[C@@]12CCC[C@H]1OC(=S)OC2. The van der Waals surface area contributed by atoms with Gasteiger partial charge in [0.1, 0.15) is 12.7 Å². The molecule has 1 saturated carbocycles. The highest BCUT2D eigenvalue weighted by molar-refractivity contribution is 7.79. The normalized spacial score (nSPS) is 42.6. The molecule has 0 spiro atoms. The van der Waals surface area contributed by atoms with Gasteiger partial charge >= 0.3 is 5.24 Å².